The molecule has 7 heteroatoms. The van der Waals surface area contributed by atoms with Crippen molar-refractivity contribution in [2.24, 2.45) is 0 Å². The number of sulfonamides is 1. The van der Waals surface area contributed by atoms with Crippen molar-refractivity contribution in [3.05, 3.63) is 0 Å². The third kappa shape index (κ3) is 5.32. The Labute approximate surface area is 108 Å². The Morgan fingerprint density at radius 3 is 2.83 bits per heavy atom. The van der Waals surface area contributed by atoms with Gasteiger partial charge in [0.1, 0.15) is 0 Å². The molecule has 18 heavy (non-hydrogen) atoms. The van der Waals surface area contributed by atoms with E-state index in [1.54, 1.807) is 0 Å². The fourth-order valence-corrected chi connectivity index (χ4v) is 3.37. The SMILES string of the molecule is CCN1CCCC1CNS(=O)(=O)CCCC(=O)O. The molecule has 1 fully saturated rings. The number of likely N-dealkylation sites (N-methyl/N-ethyl adjacent to an activating group) is 1. The highest BCUT2D eigenvalue weighted by molar-refractivity contribution is 7.89. The number of rotatable bonds is 8. The van der Waals surface area contributed by atoms with Crippen molar-refractivity contribution in [2.75, 3.05) is 25.4 Å². The van der Waals surface area contributed by atoms with E-state index in [1.165, 1.54) is 0 Å². The predicted molar refractivity (Wildman–Crippen MR) is 68.9 cm³/mol. The smallest absolute Gasteiger partial charge is 0.303 e. The van der Waals surface area contributed by atoms with Crippen molar-refractivity contribution >= 4 is 16.0 Å². The lowest BCUT2D eigenvalue weighted by molar-refractivity contribution is -0.137. The first-order chi connectivity index (χ1) is 8.44. The predicted octanol–water partition coefficient (Wildman–Crippen LogP) is 0.255. The fourth-order valence-electron chi connectivity index (χ4n) is 2.25. The minimum Gasteiger partial charge on any atom is -0.481 e. The molecule has 0 bridgehead atoms. The van der Waals surface area contributed by atoms with E-state index in [4.69, 9.17) is 5.11 Å². The molecule has 6 nitrogen and oxygen atoms in total. The highest BCUT2D eigenvalue weighted by Gasteiger charge is 2.24. The molecule has 1 atom stereocenters. The van der Waals surface area contributed by atoms with Crippen LogP contribution < -0.4 is 4.72 Å². The van der Waals surface area contributed by atoms with Gasteiger partial charge in [-0.1, -0.05) is 6.92 Å². The zero-order valence-electron chi connectivity index (χ0n) is 10.8. The van der Waals surface area contributed by atoms with E-state index in [0.29, 0.717) is 6.54 Å². The van der Waals surface area contributed by atoms with E-state index in [1.807, 2.05) is 0 Å². The molecule has 0 aromatic rings. The normalized spacial score (nSPS) is 21.3. The van der Waals surface area contributed by atoms with Gasteiger partial charge in [0.05, 0.1) is 5.75 Å². The Morgan fingerprint density at radius 2 is 2.22 bits per heavy atom. The number of aliphatic carboxylic acids is 1. The van der Waals surface area contributed by atoms with E-state index in [0.717, 1.165) is 25.9 Å². The summed E-state index contributed by atoms with van der Waals surface area (Å²) in [5, 5.41) is 8.46. The van der Waals surface area contributed by atoms with E-state index in [2.05, 4.69) is 16.5 Å². The second-order valence-electron chi connectivity index (χ2n) is 4.59. The van der Waals surface area contributed by atoms with Crippen LogP contribution in [0.5, 0.6) is 0 Å². The van der Waals surface area contributed by atoms with Gasteiger partial charge in [0.25, 0.3) is 0 Å². The Bertz CT molecular complexity index is 369. The third-order valence-electron chi connectivity index (χ3n) is 3.25. The topological polar surface area (TPSA) is 86.7 Å². The summed E-state index contributed by atoms with van der Waals surface area (Å²) in [6.45, 7) is 4.47. The van der Waals surface area contributed by atoms with Crippen LogP contribution >= 0.6 is 0 Å². The average Bonchev–Trinajstić information content (AvgIpc) is 2.73. The average molecular weight is 278 g/mol. The van der Waals surface area contributed by atoms with Crippen LogP contribution in [0, 0.1) is 0 Å². The fraction of sp³-hybridized carbons (Fsp3) is 0.909. The molecule has 1 saturated heterocycles. The number of carboxylic acids is 1. The van der Waals surface area contributed by atoms with Crippen LogP contribution in [0.1, 0.15) is 32.6 Å². The molecule has 1 aliphatic rings. The second kappa shape index (κ2) is 7.06. The Hall–Kier alpha value is -0.660. The van der Waals surface area contributed by atoms with Crippen LogP contribution in [-0.4, -0.2) is 55.8 Å². The number of nitrogens with one attached hydrogen (secondary N) is 1. The highest BCUT2D eigenvalue weighted by Crippen LogP contribution is 2.15. The van der Waals surface area contributed by atoms with Gasteiger partial charge in [0.15, 0.2) is 0 Å². The van der Waals surface area contributed by atoms with Crippen LogP contribution in [0.2, 0.25) is 0 Å². The van der Waals surface area contributed by atoms with Crippen molar-refractivity contribution in [3.8, 4) is 0 Å². The number of hydrogen-bond donors (Lipinski definition) is 2. The quantitative estimate of drug-likeness (QED) is 0.665. The van der Waals surface area contributed by atoms with Gasteiger partial charge in [0, 0.05) is 19.0 Å². The van der Waals surface area contributed by atoms with Gasteiger partial charge in [-0.15, -0.1) is 0 Å². The number of nitrogens with zero attached hydrogens (tertiary/aromatic N) is 1. The Kier molecular flexibility index (Phi) is 6.04. The van der Waals surface area contributed by atoms with Gasteiger partial charge in [-0.2, -0.15) is 0 Å². The number of hydrogen-bond acceptors (Lipinski definition) is 4. The number of carboxylic acid groups (broad SMARTS) is 1. The summed E-state index contributed by atoms with van der Waals surface area (Å²) >= 11 is 0. The molecule has 1 heterocycles. The van der Waals surface area contributed by atoms with Gasteiger partial charge < -0.3 is 5.11 Å². The van der Waals surface area contributed by atoms with E-state index >= 15 is 0 Å². The van der Waals surface area contributed by atoms with Crippen molar-refractivity contribution < 1.29 is 18.3 Å². The summed E-state index contributed by atoms with van der Waals surface area (Å²) < 4.78 is 25.9. The van der Waals surface area contributed by atoms with Crippen LogP contribution in [-0.2, 0) is 14.8 Å². The molecule has 106 valence electrons. The third-order valence-corrected chi connectivity index (χ3v) is 4.68. The summed E-state index contributed by atoms with van der Waals surface area (Å²) in [4.78, 5) is 12.6. The first kappa shape index (κ1) is 15.4. The lowest BCUT2D eigenvalue weighted by Gasteiger charge is -2.22. The lowest BCUT2D eigenvalue weighted by atomic mass is 10.2. The first-order valence-electron chi connectivity index (χ1n) is 6.38. The maximum absolute atomic E-state index is 11.6. The maximum Gasteiger partial charge on any atom is 0.303 e. The number of likely N-dealkylation sites (tertiary alicyclic amines) is 1. The van der Waals surface area contributed by atoms with E-state index < -0.39 is 16.0 Å². The minimum atomic E-state index is -3.34. The Balaban J connectivity index is 2.30. The summed E-state index contributed by atoms with van der Waals surface area (Å²) in [5.74, 6) is -1.07. The molecule has 0 spiro atoms. The first-order valence-corrected chi connectivity index (χ1v) is 8.03. The molecular weight excluding hydrogens is 256 g/mol. The van der Waals surface area contributed by atoms with Gasteiger partial charge in [-0.25, -0.2) is 13.1 Å². The monoisotopic (exact) mass is 278 g/mol. The van der Waals surface area contributed by atoms with Crippen LogP contribution in [0.3, 0.4) is 0 Å². The van der Waals surface area contributed by atoms with Gasteiger partial charge in [-0.05, 0) is 32.4 Å². The molecule has 0 saturated carbocycles. The summed E-state index contributed by atoms with van der Waals surface area (Å²) in [5.41, 5.74) is 0. The van der Waals surface area contributed by atoms with Gasteiger partial charge >= 0.3 is 5.97 Å². The van der Waals surface area contributed by atoms with Crippen molar-refractivity contribution in [1.29, 1.82) is 0 Å². The second-order valence-corrected chi connectivity index (χ2v) is 6.52. The molecule has 0 aromatic carbocycles. The molecule has 0 aliphatic carbocycles. The van der Waals surface area contributed by atoms with Gasteiger partial charge in [-0.3, -0.25) is 9.69 Å². The largest absolute Gasteiger partial charge is 0.481 e. The zero-order valence-corrected chi connectivity index (χ0v) is 11.6. The van der Waals surface area contributed by atoms with E-state index in [9.17, 15) is 13.2 Å². The highest BCUT2D eigenvalue weighted by atomic mass is 32.2. The summed E-state index contributed by atoms with van der Waals surface area (Å²) in [6.07, 6.45) is 2.18. The zero-order chi connectivity index (χ0) is 13.6. The minimum absolute atomic E-state index is 0.106. The summed E-state index contributed by atoms with van der Waals surface area (Å²) in [7, 11) is -3.34. The maximum atomic E-state index is 11.6. The number of carbonyl (C=O) groups is 1. The molecule has 1 aliphatic heterocycles. The molecule has 1 unspecified atom stereocenters. The molecule has 0 aromatic heterocycles. The molecule has 0 amide bonds. The van der Waals surface area contributed by atoms with Crippen LogP contribution in [0.15, 0.2) is 0 Å². The van der Waals surface area contributed by atoms with Crippen molar-refractivity contribution in [1.82, 2.24) is 9.62 Å². The van der Waals surface area contributed by atoms with Crippen molar-refractivity contribution in [2.45, 2.75) is 38.6 Å². The molecule has 2 N–H and O–H groups in total. The lowest BCUT2D eigenvalue weighted by Crippen LogP contribution is -2.40. The molecular formula is C11H22N2O4S. The standard InChI is InChI=1S/C11H22N2O4S/c1-2-13-7-3-5-10(13)9-12-18(16,17)8-4-6-11(14)15/h10,12H,2-9H2,1H3,(H,14,15). The van der Waals surface area contributed by atoms with Crippen LogP contribution in [0.4, 0.5) is 0 Å². The van der Waals surface area contributed by atoms with Crippen LogP contribution in [0.25, 0.3) is 0 Å². The van der Waals surface area contributed by atoms with Gasteiger partial charge in [0.2, 0.25) is 10.0 Å². The van der Waals surface area contributed by atoms with E-state index in [-0.39, 0.29) is 24.6 Å². The molecule has 1 rings (SSSR count). The summed E-state index contributed by atoms with van der Waals surface area (Å²) in [6, 6.07) is 0.282. The Morgan fingerprint density at radius 1 is 1.50 bits per heavy atom. The molecule has 0 radical (unpaired) electrons. The van der Waals surface area contributed by atoms with Crippen molar-refractivity contribution in [3.63, 3.8) is 0 Å².